The molecule has 52 heavy (non-hydrogen) atoms. The van der Waals surface area contributed by atoms with Gasteiger partial charge in [0, 0.05) is 27.9 Å². The molecule has 9 rings (SSSR count). The second-order valence-corrected chi connectivity index (χ2v) is 14.4. The van der Waals surface area contributed by atoms with Gasteiger partial charge in [0.1, 0.15) is 0 Å². The first-order valence-corrected chi connectivity index (χ1v) is 18.8. The third kappa shape index (κ3) is 5.53. The summed E-state index contributed by atoms with van der Waals surface area (Å²) in [5.74, 6) is 0.910. The molecule has 7 aromatic rings. The van der Waals surface area contributed by atoms with Crippen LogP contribution in [0.25, 0.3) is 39.1 Å². The Kier molecular flexibility index (Phi) is 8.31. The number of fused-ring (bicyclic) bond motifs is 9. The summed E-state index contributed by atoms with van der Waals surface area (Å²) in [4.78, 5) is 1.28. The summed E-state index contributed by atoms with van der Waals surface area (Å²) in [7, 11) is 0. The molecule has 2 aliphatic rings. The van der Waals surface area contributed by atoms with Gasteiger partial charge in [-0.05, 0) is 90.9 Å². The van der Waals surface area contributed by atoms with Crippen LogP contribution in [0.15, 0.2) is 200 Å². The monoisotopic (exact) mass is 683 g/mol. The van der Waals surface area contributed by atoms with Gasteiger partial charge in [0.25, 0.3) is 0 Å². The summed E-state index contributed by atoms with van der Waals surface area (Å²) >= 11 is 1.94. The van der Waals surface area contributed by atoms with Crippen LogP contribution >= 0.6 is 11.8 Å². The summed E-state index contributed by atoms with van der Waals surface area (Å²) in [6, 6.07) is 59.1. The van der Waals surface area contributed by atoms with E-state index in [1.165, 1.54) is 54.6 Å². The highest BCUT2D eigenvalue weighted by Gasteiger charge is 2.46. The molecule has 1 heterocycles. The lowest BCUT2D eigenvalue weighted by Crippen LogP contribution is -2.32. The molecule has 0 amide bonds. The highest BCUT2D eigenvalue weighted by Crippen LogP contribution is 2.57. The minimum atomic E-state index is -0.303. The second kappa shape index (κ2) is 13.6. The fraction of sp³-hybridized carbons (Fsp3) is 0.0400. The summed E-state index contributed by atoms with van der Waals surface area (Å²) in [5, 5.41) is 5.93. The van der Waals surface area contributed by atoms with E-state index >= 15 is 0 Å². The Hall–Kier alpha value is -6.09. The molecule has 0 saturated carbocycles. The molecule has 2 heteroatoms. The lowest BCUT2D eigenvalue weighted by atomic mass is 9.70. The van der Waals surface area contributed by atoms with E-state index in [0.717, 1.165) is 33.7 Å². The van der Waals surface area contributed by atoms with E-state index in [2.05, 4.69) is 193 Å². The second-order valence-electron chi connectivity index (χ2n) is 13.4. The van der Waals surface area contributed by atoms with Crippen LogP contribution < -0.4 is 5.32 Å². The molecule has 1 spiro atoms. The van der Waals surface area contributed by atoms with Crippen molar-refractivity contribution in [3.05, 3.63) is 234 Å². The quantitative estimate of drug-likeness (QED) is 0.175. The zero-order valence-electron chi connectivity index (χ0n) is 28.8. The maximum Gasteiger partial charge on any atom is 0.0563 e. The molecular weight excluding hydrogens is 647 g/mol. The fourth-order valence-corrected chi connectivity index (χ4v) is 9.37. The molecule has 0 fully saturated rings. The van der Waals surface area contributed by atoms with E-state index in [4.69, 9.17) is 6.58 Å². The third-order valence-electron chi connectivity index (χ3n) is 10.5. The van der Waals surface area contributed by atoms with Crippen LogP contribution in [0.3, 0.4) is 0 Å². The summed E-state index contributed by atoms with van der Waals surface area (Å²) in [6.45, 7) is 4.78. The Bertz CT molecular complexity index is 2520. The standard InChI is InChI=1S/C50H37NS/c1-35-40-20-9-12-27-49(40)52-34-50(45-24-10-7-22-42(45)43-23-8-11-25-46(43)50)47-31-29-36(33-44(35)47)28-30-38(37-15-3-2-4-16-37)19-14-32-51-48-26-13-18-39-17-5-6-21-41(39)48/h2-33,51H,1,34H2/b30-28-,32-14+,38-19+. The zero-order chi connectivity index (χ0) is 34.9. The van der Waals surface area contributed by atoms with Gasteiger partial charge < -0.3 is 5.32 Å². The van der Waals surface area contributed by atoms with Crippen LogP contribution in [0.1, 0.15) is 38.9 Å². The predicted octanol–water partition coefficient (Wildman–Crippen LogP) is 13.0. The number of anilines is 1. The molecule has 0 atom stereocenters. The van der Waals surface area contributed by atoms with E-state index in [1.54, 1.807) is 0 Å². The summed E-state index contributed by atoms with van der Waals surface area (Å²) in [5.41, 5.74) is 14.4. The van der Waals surface area contributed by atoms with Crippen molar-refractivity contribution in [1.82, 2.24) is 0 Å². The van der Waals surface area contributed by atoms with Gasteiger partial charge in [-0.3, -0.25) is 0 Å². The maximum absolute atomic E-state index is 4.78. The Labute approximate surface area is 310 Å². The van der Waals surface area contributed by atoms with Crippen molar-refractivity contribution in [3.8, 4) is 11.1 Å². The van der Waals surface area contributed by atoms with Gasteiger partial charge in [-0.15, -0.1) is 11.8 Å². The number of hydrogen-bond donors (Lipinski definition) is 1. The van der Waals surface area contributed by atoms with Crippen molar-refractivity contribution < 1.29 is 0 Å². The minimum absolute atomic E-state index is 0.303. The topological polar surface area (TPSA) is 12.0 Å². The van der Waals surface area contributed by atoms with Crippen LogP contribution in [0.4, 0.5) is 5.69 Å². The van der Waals surface area contributed by atoms with E-state index in [-0.39, 0.29) is 5.41 Å². The molecular formula is C50H37NS. The van der Waals surface area contributed by atoms with Crippen LogP contribution in [-0.2, 0) is 5.41 Å². The first-order valence-electron chi connectivity index (χ1n) is 17.8. The van der Waals surface area contributed by atoms with Crippen molar-refractivity contribution in [2.45, 2.75) is 10.3 Å². The average Bonchev–Trinajstić information content (AvgIpc) is 3.50. The van der Waals surface area contributed by atoms with Crippen molar-refractivity contribution in [1.29, 1.82) is 0 Å². The fourth-order valence-electron chi connectivity index (χ4n) is 8.01. The van der Waals surface area contributed by atoms with Crippen LogP contribution in [-0.4, -0.2) is 5.75 Å². The first-order chi connectivity index (χ1) is 25.7. The molecule has 0 bridgehead atoms. The Morgan fingerprint density at radius 3 is 2.08 bits per heavy atom. The maximum atomic E-state index is 4.78. The SMILES string of the molecule is C=C1c2ccccc2SCC2(c3ccc(\C=C/C(=C\C=C\Nc4cccc5ccccc45)c4ccccc4)cc31)c1ccccc1-c1ccccc12. The highest BCUT2D eigenvalue weighted by atomic mass is 32.2. The van der Waals surface area contributed by atoms with Gasteiger partial charge in [-0.2, -0.15) is 0 Å². The van der Waals surface area contributed by atoms with Gasteiger partial charge in [-0.1, -0.05) is 170 Å². The molecule has 0 unspecified atom stereocenters. The van der Waals surface area contributed by atoms with E-state index in [1.807, 2.05) is 18.0 Å². The average molecular weight is 684 g/mol. The predicted molar refractivity (Wildman–Crippen MR) is 224 cm³/mol. The summed E-state index contributed by atoms with van der Waals surface area (Å²) < 4.78 is 0. The lowest BCUT2D eigenvalue weighted by molar-refractivity contribution is 0.723. The van der Waals surface area contributed by atoms with Crippen LogP contribution in [0.5, 0.6) is 0 Å². The Morgan fingerprint density at radius 1 is 0.615 bits per heavy atom. The van der Waals surface area contributed by atoms with Crippen molar-refractivity contribution >= 4 is 45.4 Å². The van der Waals surface area contributed by atoms with Gasteiger partial charge in [0.2, 0.25) is 0 Å². The number of rotatable bonds is 6. The van der Waals surface area contributed by atoms with Gasteiger partial charge >= 0.3 is 0 Å². The van der Waals surface area contributed by atoms with Gasteiger partial charge in [0.05, 0.1) is 5.41 Å². The third-order valence-corrected chi connectivity index (χ3v) is 11.8. The molecule has 0 saturated heterocycles. The van der Waals surface area contributed by atoms with E-state index in [0.29, 0.717) is 0 Å². The molecule has 1 nitrogen and oxygen atoms in total. The molecule has 1 N–H and O–H groups in total. The summed E-state index contributed by atoms with van der Waals surface area (Å²) in [6.07, 6.45) is 10.7. The molecule has 248 valence electrons. The molecule has 0 aromatic heterocycles. The molecule has 7 aromatic carbocycles. The Balaban J connectivity index is 1.13. The van der Waals surface area contributed by atoms with Crippen LogP contribution in [0, 0.1) is 0 Å². The lowest BCUT2D eigenvalue weighted by Gasteiger charge is -2.37. The first kappa shape index (κ1) is 31.9. The van der Waals surface area contributed by atoms with Crippen LogP contribution in [0.2, 0.25) is 0 Å². The Morgan fingerprint density at radius 2 is 1.27 bits per heavy atom. The van der Waals surface area contributed by atoms with Crippen molar-refractivity contribution in [2.75, 3.05) is 11.1 Å². The number of benzene rings is 7. The number of thioether (sulfide) groups is 1. The zero-order valence-corrected chi connectivity index (χ0v) is 29.6. The number of nitrogens with one attached hydrogen (secondary N) is 1. The number of hydrogen-bond acceptors (Lipinski definition) is 2. The van der Waals surface area contributed by atoms with Gasteiger partial charge in [0.15, 0.2) is 0 Å². The molecule has 1 aliphatic heterocycles. The highest BCUT2D eigenvalue weighted by molar-refractivity contribution is 7.99. The molecule has 1 aliphatic carbocycles. The number of allylic oxidation sites excluding steroid dienone is 4. The van der Waals surface area contributed by atoms with E-state index in [9.17, 15) is 0 Å². The molecule has 0 radical (unpaired) electrons. The minimum Gasteiger partial charge on any atom is -0.361 e. The van der Waals surface area contributed by atoms with Crippen molar-refractivity contribution in [3.63, 3.8) is 0 Å². The van der Waals surface area contributed by atoms with Gasteiger partial charge in [-0.25, -0.2) is 0 Å². The largest absolute Gasteiger partial charge is 0.361 e. The smallest absolute Gasteiger partial charge is 0.0563 e. The normalized spacial score (nSPS) is 14.5. The van der Waals surface area contributed by atoms with Crippen molar-refractivity contribution in [2.24, 2.45) is 0 Å². The van der Waals surface area contributed by atoms with E-state index < -0.39 is 0 Å².